The summed E-state index contributed by atoms with van der Waals surface area (Å²) in [6, 6.07) is 4.96. The molecule has 0 aliphatic heterocycles. The highest BCUT2D eigenvalue weighted by Gasteiger charge is 2.31. The van der Waals surface area contributed by atoms with E-state index >= 15 is 4.39 Å². The molecule has 0 aromatic heterocycles. The second-order valence-electron chi connectivity index (χ2n) is 4.75. The molecule has 2 nitrogen and oxygen atoms in total. The van der Waals surface area contributed by atoms with Gasteiger partial charge in [-0.3, -0.25) is 0 Å². The normalized spacial score (nSPS) is 14.2. The molecular weight excluding hydrogens is 267 g/mol. The predicted octanol–water partition coefficient (Wildman–Crippen LogP) is 4.48. The van der Waals surface area contributed by atoms with Crippen LogP contribution in [0.3, 0.4) is 0 Å². The molecule has 0 aliphatic rings. The third kappa shape index (κ3) is 4.36. The molecule has 0 saturated carbocycles. The maximum atomic E-state index is 15.0. The number of rotatable bonds is 8. The Hall–Kier alpha value is -0.800. The van der Waals surface area contributed by atoms with Crippen LogP contribution >= 0.6 is 11.6 Å². The molecule has 0 fully saturated rings. The Balaban J connectivity index is 2.93. The van der Waals surface area contributed by atoms with Crippen LogP contribution < -0.4 is 4.74 Å². The molecule has 0 amide bonds. The Bertz CT molecular complexity index is 398. The lowest BCUT2D eigenvalue weighted by Crippen LogP contribution is -2.22. The van der Waals surface area contributed by atoms with E-state index in [-0.39, 0.29) is 13.0 Å². The fourth-order valence-corrected chi connectivity index (χ4v) is 2.45. The van der Waals surface area contributed by atoms with Crippen LogP contribution in [0.4, 0.5) is 4.39 Å². The lowest BCUT2D eigenvalue weighted by molar-refractivity contribution is 0.0995. The minimum absolute atomic E-state index is 0.0966. The van der Waals surface area contributed by atoms with Gasteiger partial charge in [0.2, 0.25) is 0 Å². The zero-order valence-corrected chi connectivity index (χ0v) is 12.3. The van der Waals surface area contributed by atoms with Gasteiger partial charge in [0.15, 0.2) is 0 Å². The number of aliphatic hydroxyl groups excluding tert-OH is 1. The quantitative estimate of drug-likeness (QED) is 0.715. The van der Waals surface area contributed by atoms with Crippen molar-refractivity contribution in [1.29, 1.82) is 0 Å². The van der Waals surface area contributed by atoms with Crippen molar-refractivity contribution in [2.75, 3.05) is 13.7 Å². The summed E-state index contributed by atoms with van der Waals surface area (Å²) in [6.45, 7) is 1.91. The zero-order valence-electron chi connectivity index (χ0n) is 11.6. The SMILES string of the molecule is CCCCC[C@@](F)(CCO)c1ccc(OC)c(Cl)c1. The average molecular weight is 289 g/mol. The van der Waals surface area contributed by atoms with Crippen LogP contribution in [0.2, 0.25) is 5.02 Å². The van der Waals surface area contributed by atoms with Gasteiger partial charge in [0.25, 0.3) is 0 Å². The first-order chi connectivity index (χ1) is 9.07. The molecule has 1 aromatic rings. The van der Waals surface area contributed by atoms with Crippen molar-refractivity contribution in [2.24, 2.45) is 0 Å². The molecule has 0 heterocycles. The fourth-order valence-electron chi connectivity index (χ4n) is 2.19. The van der Waals surface area contributed by atoms with Gasteiger partial charge in [-0.2, -0.15) is 0 Å². The number of ether oxygens (including phenoxy) is 1. The van der Waals surface area contributed by atoms with E-state index in [4.69, 9.17) is 21.4 Å². The van der Waals surface area contributed by atoms with Crippen molar-refractivity contribution in [3.63, 3.8) is 0 Å². The van der Waals surface area contributed by atoms with E-state index in [0.29, 0.717) is 22.8 Å². The fraction of sp³-hybridized carbons (Fsp3) is 0.600. The lowest BCUT2D eigenvalue weighted by Gasteiger charge is -2.25. The van der Waals surface area contributed by atoms with Gasteiger partial charge in [0, 0.05) is 13.0 Å². The predicted molar refractivity (Wildman–Crippen MR) is 76.6 cm³/mol. The maximum absolute atomic E-state index is 15.0. The van der Waals surface area contributed by atoms with Gasteiger partial charge in [0.05, 0.1) is 12.1 Å². The molecule has 4 heteroatoms. The second-order valence-corrected chi connectivity index (χ2v) is 5.15. The second kappa shape index (κ2) is 7.71. The van der Waals surface area contributed by atoms with Crippen LogP contribution in [0.15, 0.2) is 18.2 Å². The van der Waals surface area contributed by atoms with Gasteiger partial charge in [-0.25, -0.2) is 4.39 Å². The Morgan fingerprint density at radius 1 is 1.32 bits per heavy atom. The summed E-state index contributed by atoms with van der Waals surface area (Å²) in [5, 5.41) is 9.49. The van der Waals surface area contributed by atoms with Gasteiger partial charge >= 0.3 is 0 Å². The van der Waals surface area contributed by atoms with Gasteiger partial charge in [0.1, 0.15) is 11.4 Å². The number of unbranched alkanes of at least 4 members (excludes halogenated alkanes) is 2. The number of methoxy groups -OCH3 is 1. The third-order valence-electron chi connectivity index (χ3n) is 3.35. The van der Waals surface area contributed by atoms with Crippen molar-refractivity contribution in [2.45, 2.75) is 44.7 Å². The van der Waals surface area contributed by atoms with E-state index in [0.717, 1.165) is 19.3 Å². The molecule has 0 spiro atoms. The summed E-state index contributed by atoms with van der Waals surface area (Å²) in [5.41, 5.74) is -0.997. The minimum Gasteiger partial charge on any atom is -0.495 e. The summed E-state index contributed by atoms with van der Waals surface area (Å²) >= 11 is 6.04. The van der Waals surface area contributed by atoms with E-state index in [1.54, 1.807) is 18.2 Å². The average Bonchev–Trinajstić information content (AvgIpc) is 2.39. The highest BCUT2D eigenvalue weighted by Crippen LogP contribution is 2.38. The Morgan fingerprint density at radius 3 is 2.58 bits per heavy atom. The summed E-state index contributed by atoms with van der Waals surface area (Å²) in [5.74, 6) is 0.533. The van der Waals surface area contributed by atoms with E-state index in [9.17, 15) is 0 Å². The number of benzene rings is 1. The van der Waals surface area contributed by atoms with Crippen LogP contribution in [-0.2, 0) is 5.67 Å². The first kappa shape index (κ1) is 16.3. The maximum Gasteiger partial charge on any atom is 0.138 e. The standard InChI is InChI=1S/C15H22ClFO2/c1-3-4-5-8-15(17,9-10-18)12-6-7-14(19-2)13(16)11-12/h6-7,11,18H,3-5,8-10H2,1-2H3/t15-/m1/s1. The van der Waals surface area contributed by atoms with Crippen LogP contribution in [0, 0.1) is 0 Å². The molecule has 0 unspecified atom stereocenters. The number of halogens is 2. The molecule has 0 saturated heterocycles. The van der Waals surface area contributed by atoms with Crippen LogP contribution in [0.5, 0.6) is 5.75 Å². The Labute approximate surface area is 119 Å². The van der Waals surface area contributed by atoms with Gasteiger partial charge in [-0.1, -0.05) is 37.4 Å². The molecular formula is C15H22ClFO2. The Morgan fingerprint density at radius 2 is 2.05 bits per heavy atom. The van der Waals surface area contributed by atoms with Gasteiger partial charge in [-0.15, -0.1) is 0 Å². The highest BCUT2D eigenvalue weighted by molar-refractivity contribution is 6.32. The van der Waals surface area contributed by atoms with Crippen molar-refractivity contribution in [1.82, 2.24) is 0 Å². The molecule has 1 N–H and O–H groups in total. The van der Waals surface area contributed by atoms with Gasteiger partial charge < -0.3 is 9.84 Å². The van der Waals surface area contributed by atoms with Gasteiger partial charge in [-0.05, 0) is 30.5 Å². The summed E-state index contributed by atoms with van der Waals surface area (Å²) < 4.78 is 20.1. The first-order valence-corrected chi connectivity index (χ1v) is 7.09. The van der Waals surface area contributed by atoms with E-state index in [2.05, 4.69) is 6.92 Å². The summed E-state index contributed by atoms with van der Waals surface area (Å²) in [6.07, 6.45) is 3.33. The molecule has 108 valence electrons. The number of aliphatic hydroxyl groups is 1. The minimum atomic E-state index is -1.51. The van der Waals surface area contributed by atoms with E-state index in [1.165, 1.54) is 7.11 Å². The van der Waals surface area contributed by atoms with Crippen molar-refractivity contribution in [3.8, 4) is 5.75 Å². The number of hydrogen-bond acceptors (Lipinski definition) is 2. The lowest BCUT2D eigenvalue weighted by atomic mass is 9.87. The van der Waals surface area contributed by atoms with Crippen molar-refractivity contribution < 1.29 is 14.2 Å². The zero-order chi connectivity index (χ0) is 14.3. The molecule has 1 atom stereocenters. The topological polar surface area (TPSA) is 29.5 Å². The van der Waals surface area contributed by atoms with Crippen LogP contribution in [-0.4, -0.2) is 18.8 Å². The molecule has 0 aliphatic carbocycles. The summed E-state index contributed by atoms with van der Waals surface area (Å²) in [7, 11) is 1.53. The van der Waals surface area contributed by atoms with Crippen LogP contribution in [0.1, 0.15) is 44.6 Å². The Kier molecular flexibility index (Phi) is 6.59. The third-order valence-corrected chi connectivity index (χ3v) is 3.65. The van der Waals surface area contributed by atoms with E-state index in [1.807, 2.05) is 0 Å². The number of hydrogen-bond donors (Lipinski definition) is 1. The highest BCUT2D eigenvalue weighted by atomic mass is 35.5. The molecule has 1 rings (SSSR count). The van der Waals surface area contributed by atoms with Crippen LogP contribution in [0.25, 0.3) is 0 Å². The largest absolute Gasteiger partial charge is 0.495 e. The molecule has 0 radical (unpaired) electrons. The monoisotopic (exact) mass is 288 g/mol. The van der Waals surface area contributed by atoms with Crippen molar-refractivity contribution in [3.05, 3.63) is 28.8 Å². The van der Waals surface area contributed by atoms with E-state index < -0.39 is 5.67 Å². The smallest absolute Gasteiger partial charge is 0.138 e. The molecule has 0 bridgehead atoms. The number of alkyl halides is 1. The molecule has 1 aromatic carbocycles. The first-order valence-electron chi connectivity index (χ1n) is 6.71. The summed E-state index contributed by atoms with van der Waals surface area (Å²) in [4.78, 5) is 0. The molecule has 19 heavy (non-hydrogen) atoms. The van der Waals surface area contributed by atoms with Crippen molar-refractivity contribution >= 4 is 11.6 Å².